The minimum atomic E-state index is -0.449. The highest BCUT2D eigenvalue weighted by Crippen LogP contribution is 2.46. The summed E-state index contributed by atoms with van der Waals surface area (Å²) in [5, 5.41) is 4.11. The summed E-state index contributed by atoms with van der Waals surface area (Å²) in [7, 11) is 1.66. The highest BCUT2D eigenvalue weighted by molar-refractivity contribution is 5.89. The molecule has 0 radical (unpaired) electrons. The Morgan fingerprint density at radius 1 is 1.21 bits per heavy atom. The number of likely N-dealkylation sites (tertiary alicyclic amines) is 1. The number of aromatic nitrogens is 2. The van der Waals surface area contributed by atoms with Crippen LogP contribution in [0.4, 0.5) is 0 Å². The van der Waals surface area contributed by atoms with Gasteiger partial charge < -0.3 is 14.2 Å². The van der Waals surface area contributed by atoms with Crippen molar-refractivity contribution in [2.45, 2.75) is 69.7 Å². The Morgan fingerprint density at radius 2 is 1.93 bits per heavy atom. The normalized spacial score (nSPS) is 21.4. The average molecular weight is 383 g/mol. The monoisotopic (exact) mass is 383 g/mol. The van der Waals surface area contributed by atoms with E-state index in [9.17, 15) is 4.79 Å². The highest BCUT2D eigenvalue weighted by atomic mass is 16.5. The summed E-state index contributed by atoms with van der Waals surface area (Å²) in [6.07, 6.45) is 5.78. The number of carbonyl (C=O) groups excluding carboxylic acids is 1. The van der Waals surface area contributed by atoms with Gasteiger partial charge >= 0.3 is 0 Å². The zero-order valence-electron chi connectivity index (χ0n) is 17.0. The molecule has 2 heterocycles. The van der Waals surface area contributed by atoms with Crippen molar-refractivity contribution in [1.82, 2.24) is 15.0 Å². The molecule has 0 N–H and O–H groups in total. The van der Waals surface area contributed by atoms with Gasteiger partial charge in [-0.3, -0.25) is 4.79 Å². The van der Waals surface area contributed by atoms with Crippen LogP contribution in [0.1, 0.15) is 81.6 Å². The fourth-order valence-electron chi connectivity index (χ4n) is 4.67. The summed E-state index contributed by atoms with van der Waals surface area (Å²) in [4.78, 5) is 20.4. The van der Waals surface area contributed by atoms with E-state index in [0.717, 1.165) is 56.4 Å². The Morgan fingerprint density at radius 3 is 2.54 bits per heavy atom. The van der Waals surface area contributed by atoms with Crippen LogP contribution >= 0.6 is 0 Å². The summed E-state index contributed by atoms with van der Waals surface area (Å²) in [5.74, 6) is 2.53. The summed E-state index contributed by atoms with van der Waals surface area (Å²) < 4.78 is 10.8. The molecule has 1 aromatic carbocycles. The first-order valence-corrected chi connectivity index (χ1v) is 10.3. The molecule has 2 aromatic rings. The number of rotatable bonds is 5. The number of ether oxygens (including phenoxy) is 1. The van der Waals surface area contributed by atoms with Crippen molar-refractivity contribution in [3.63, 3.8) is 0 Å². The molecule has 28 heavy (non-hydrogen) atoms. The van der Waals surface area contributed by atoms with Crippen LogP contribution in [0.5, 0.6) is 5.75 Å². The van der Waals surface area contributed by atoms with Crippen LogP contribution in [0.25, 0.3) is 0 Å². The van der Waals surface area contributed by atoms with Crippen molar-refractivity contribution in [3.8, 4) is 5.75 Å². The zero-order chi connectivity index (χ0) is 19.7. The lowest BCUT2D eigenvalue weighted by atomic mass is 9.77. The van der Waals surface area contributed by atoms with Crippen LogP contribution in [0.2, 0.25) is 0 Å². The molecule has 1 saturated heterocycles. The maximum atomic E-state index is 13.9. The molecule has 1 atom stereocenters. The molecule has 2 fully saturated rings. The van der Waals surface area contributed by atoms with Crippen LogP contribution in [-0.2, 0) is 10.2 Å². The smallest absolute Gasteiger partial charge is 0.249 e. The molecule has 2 aliphatic rings. The van der Waals surface area contributed by atoms with E-state index in [1.54, 1.807) is 7.11 Å². The van der Waals surface area contributed by atoms with E-state index in [1.165, 1.54) is 0 Å². The number of hydrogen-bond donors (Lipinski definition) is 0. The number of amides is 1. The quantitative estimate of drug-likeness (QED) is 0.766. The van der Waals surface area contributed by atoms with Crippen molar-refractivity contribution in [1.29, 1.82) is 0 Å². The van der Waals surface area contributed by atoms with Gasteiger partial charge in [0.15, 0.2) is 5.82 Å². The summed E-state index contributed by atoms with van der Waals surface area (Å²) >= 11 is 0. The maximum absolute atomic E-state index is 13.9. The Balaban J connectivity index is 1.64. The Hall–Kier alpha value is -2.37. The average Bonchev–Trinajstić information content (AvgIpc) is 3.47. The van der Waals surface area contributed by atoms with Gasteiger partial charge in [-0.05, 0) is 43.4 Å². The van der Waals surface area contributed by atoms with Crippen LogP contribution in [0, 0.1) is 0 Å². The molecule has 1 aliphatic carbocycles. The molecule has 1 amide bonds. The van der Waals surface area contributed by atoms with Gasteiger partial charge in [-0.2, -0.15) is 4.98 Å². The Labute approximate surface area is 166 Å². The third kappa shape index (κ3) is 3.19. The van der Waals surface area contributed by atoms with Gasteiger partial charge in [0.2, 0.25) is 11.8 Å². The van der Waals surface area contributed by atoms with E-state index < -0.39 is 5.41 Å². The molecular formula is C22H29N3O3. The van der Waals surface area contributed by atoms with Crippen molar-refractivity contribution in [2.24, 2.45) is 0 Å². The minimum Gasteiger partial charge on any atom is -0.497 e. The van der Waals surface area contributed by atoms with E-state index in [0.29, 0.717) is 11.7 Å². The van der Waals surface area contributed by atoms with Gasteiger partial charge in [0, 0.05) is 12.5 Å². The van der Waals surface area contributed by atoms with Crippen molar-refractivity contribution in [2.75, 3.05) is 13.7 Å². The fourth-order valence-corrected chi connectivity index (χ4v) is 4.67. The lowest BCUT2D eigenvalue weighted by Gasteiger charge is -2.35. The first-order valence-electron chi connectivity index (χ1n) is 10.3. The highest BCUT2D eigenvalue weighted by Gasteiger charge is 2.48. The lowest BCUT2D eigenvalue weighted by Crippen LogP contribution is -2.45. The Kier molecular flexibility index (Phi) is 5.13. The summed E-state index contributed by atoms with van der Waals surface area (Å²) in [6, 6.07) is 7.91. The number of carbonyl (C=O) groups is 1. The standard InChI is InChI=1S/C22H29N3O3/c1-15(2)19-23-20(28-24-19)18-7-6-14-25(18)21(26)22(12-4-5-13-22)16-8-10-17(27-3)11-9-16/h8-11,15,18H,4-7,12-14H2,1-3H3/t18-/m0/s1. The molecule has 150 valence electrons. The molecule has 4 rings (SSSR count). The van der Waals surface area contributed by atoms with E-state index in [2.05, 4.69) is 22.3 Å². The minimum absolute atomic E-state index is 0.108. The van der Waals surface area contributed by atoms with Crippen LogP contribution in [0.3, 0.4) is 0 Å². The number of hydrogen-bond acceptors (Lipinski definition) is 5. The number of nitrogens with zero attached hydrogens (tertiary/aromatic N) is 3. The molecule has 0 unspecified atom stereocenters. The maximum Gasteiger partial charge on any atom is 0.249 e. The van der Waals surface area contributed by atoms with Gasteiger partial charge in [-0.25, -0.2) is 0 Å². The van der Waals surface area contributed by atoms with Crippen LogP contribution in [-0.4, -0.2) is 34.6 Å². The predicted octanol–water partition coefficient (Wildman–Crippen LogP) is 4.38. The largest absolute Gasteiger partial charge is 0.497 e. The fraction of sp³-hybridized carbons (Fsp3) is 0.591. The second kappa shape index (κ2) is 7.57. The van der Waals surface area contributed by atoms with Gasteiger partial charge in [-0.15, -0.1) is 0 Å². The van der Waals surface area contributed by atoms with Gasteiger partial charge in [0.25, 0.3) is 0 Å². The summed E-state index contributed by atoms with van der Waals surface area (Å²) in [5.41, 5.74) is 0.644. The second-order valence-electron chi connectivity index (χ2n) is 8.32. The molecule has 1 aliphatic heterocycles. The molecule has 0 bridgehead atoms. The van der Waals surface area contributed by atoms with Crippen molar-refractivity contribution >= 4 is 5.91 Å². The molecule has 1 saturated carbocycles. The first kappa shape index (κ1) is 19.0. The Bertz CT molecular complexity index is 822. The summed E-state index contributed by atoms with van der Waals surface area (Å²) in [6.45, 7) is 4.84. The number of methoxy groups -OCH3 is 1. The third-order valence-corrected chi connectivity index (χ3v) is 6.28. The topological polar surface area (TPSA) is 68.5 Å². The number of benzene rings is 1. The van der Waals surface area contributed by atoms with Crippen molar-refractivity contribution < 1.29 is 14.1 Å². The van der Waals surface area contributed by atoms with E-state index in [1.807, 2.05) is 30.9 Å². The predicted molar refractivity (Wildman–Crippen MR) is 105 cm³/mol. The molecule has 0 spiro atoms. The first-order chi connectivity index (χ1) is 13.5. The molecular weight excluding hydrogens is 354 g/mol. The van der Waals surface area contributed by atoms with Crippen LogP contribution in [0.15, 0.2) is 28.8 Å². The van der Waals surface area contributed by atoms with Gasteiger partial charge in [-0.1, -0.05) is 44.0 Å². The van der Waals surface area contributed by atoms with E-state index >= 15 is 0 Å². The molecule has 1 aromatic heterocycles. The second-order valence-corrected chi connectivity index (χ2v) is 8.32. The molecule has 6 heteroatoms. The lowest BCUT2D eigenvalue weighted by molar-refractivity contribution is -0.138. The van der Waals surface area contributed by atoms with Gasteiger partial charge in [0.1, 0.15) is 11.8 Å². The van der Waals surface area contributed by atoms with Crippen molar-refractivity contribution in [3.05, 3.63) is 41.5 Å². The van der Waals surface area contributed by atoms with E-state index in [4.69, 9.17) is 9.26 Å². The SMILES string of the molecule is COc1ccc(C2(C(=O)N3CCC[C@H]3c3nc(C(C)C)no3)CCCC2)cc1. The van der Waals surface area contributed by atoms with E-state index in [-0.39, 0.29) is 17.9 Å². The zero-order valence-corrected chi connectivity index (χ0v) is 17.0. The van der Waals surface area contributed by atoms with Crippen LogP contribution < -0.4 is 4.74 Å². The third-order valence-electron chi connectivity index (χ3n) is 6.28. The molecule has 6 nitrogen and oxygen atoms in total. The van der Waals surface area contributed by atoms with Gasteiger partial charge in [0.05, 0.1) is 12.5 Å².